The maximum Gasteiger partial charge on any atom is 0.119 e. The van der Waals surface area contributed by atoms with E-state index in [1.54, 1.807) is 13.8 Å². The first kappa shape index (κ1) is 20.5. The standard InChI is InChI=1S/C23H37NO3/c1-17-10-13-23(16-17)14-11-20(12-15-23)26-19-8-6-18(7-9-19)24-27-22(4,5)21(2,3)25/h6-9,17,20,24-25H,10-16H2,1-5H3. The lowest BCUT2D eigenvalue weighted by Gasteiger charge is -2.37. The van der Waals surface area contributed by atoms with Crippen molar-refractivity contribution in [1.29, 1.82) is 0 Å². The van der Waals surface area contributed by atoms with Gasteiger partial charge in [0.25, 0.3) is 0 Å². The molecule has 0 aliphatic heterocycles. The molecule has 1 aromatic carbocycles. The van der Waals surface area contributed by atoms with E-state index in [0.29, 0.717) is 11.5 Å². The molecular weight excluding hydrogens is 338 g/mol. The summed E-state index contributed by atoms with van der Waals surface area (Å²) in [4.78, 5) is 5.69. The average Bonchev–Trinajstić information content (AvgIpc) is 2.96. The van der Waals surface area contributed by atoms with Crippen molar-refractivity contribution >= 4 is 5.69 Å². The lowest BCUT2D eigenvalue weighted by atomic mass is 9.71. The predicted octanol–water partition coefficient (Wildman–Crippen LogP) is 5.71. The molecule has 1 unspecified atom stereocenters. The predicted molar refractivity (Wildman–Crippen MR) is 110 cm³/mol. The third-order valence-corrected chi connectivity index (χ3v) is 7.00. The lowest BCUT2D eigenvalue weighted by Crippen LogP contribution is -2.48. The quantitative estimate of drug-likeness (QED) is 0.626. The van der Waals surface area contributed by atoms with Crippen LogP contribution in [0.3, 0.4) is 0 Å². The van der Waals surface area contributed by atoms with Crippen LogP contribution in [0, 0.1) is 11.3 Å². The number of anilines is 1. The van der Waals surface area contributed by atoms with Crippen molar-refractivity contribution in [3.63, 3.8) is 0 Å². The Morgan fingerprint density at radius 3 is 2.11 bits per heavy atom. The molecule has 0 amide bonds. The maximum absolute atomic E-state index is 10.2. The summed E-state index contributed by atoms with van der Waals surface area (Å²) < 4.78 is 6.23. The summed E-state index contributed by atoms with van der Waals surface area (Å²) in [6.07, 6.45) is 9.58. The molecule has 2 N–H and O–H groups in total. The number of hydrogen-bond donors (Lipinski definition) is 2. The molecule has 0 heterocycles. The summed E-state index contributed by atoms with van der Waals surface area (Å²) in [5, 5.41) is 10.2. The van der Waals surface area contributed by atoms with Crippen molar-refractivity contribution in [3.05, 3.63) is 24.3 Å². The Hall–Kier alpha value is -1.26. The molecule has 1 atom stereocenters. The molecule has 2 aliphatic rings. The number of aliphatic hydroxyl groups is 1. The molecule has 0 saturated heterocycles. The molecule has 2 fully saturated rings. The first-order valence-electron chi connectivity index (χ1n) is 10.5. The molecule has 0 bridgehead atoms. The molecule has 3 rings (SSSR count). The summed E-state index contributed by atoms with van der Waals surface area (Å²) in [7, 11) is 0. The largest absolute Gasteiger partial charge is 0.490 e. The number of benzene rings is 1. The Labute approximate surface area is 164 Å². The molecule has 152 valence electrons. The van der Waals surface area contributed by atoms with Gasteiger partial charge in [-0.2, -0.15) is 0 Å². The van der Waals surface area contributed by atoms with Crippen molar-refractivity contribution in [2.45, 2.75) is 96.9 Å². The number of hydrogen-bond acceptors (Lipinski definition) is 4. The van der Waals surface area contributed by atoms with E-state index in [-0.39, 0.29) is 0 Å². The van der Waals surface area contributed by atoms with Crippen LogP contribution in [0.25, 0.3) is 0 Å². The van der Waals surface area contributed by atoms with Gasteiger partial charge >= 0.3 is 0 Å². The molecule has 2 saturated carbocycles. The van der Waals surface area contributed by atoms with E-state index < -0.39 is 11.2 Å². The highest BCUT2D eigenvalue weighted by atomic mass is 16.7. The van der Waals surface area contributed by atoms with Crippen LogP contribution in [0.4, 0.5) is 5.69 Å². The Bertz CT molecular complexity index is 610. The number of nitrogens with one attached hydrogen (secondary N) is 1. The van der Waals surface area contributed by atoms with Crippen molar-refractivity contribution in [2.75, 3.05) is 5.48 Å². The molecule has 0 aromatic heterocycles. The van der Waals surface area contributed by atoms with Gasteiger partial charge in [-0.1, -0.05) is 13.3 Å². The fraction of sp³-hybridized carbons (Fsp3) is 0.739. The van der Waals surface area contributed by atoms with Crippen LogP contribution < -0.4 is 10.2 Å². The molecule has 4 heteroatoms. The third kappa shape index (κ3) is 4.97. The summed E-state index contributed by atoms with van der Waals surface area (Å²) >= 11 is 0. The minimum absolute atomic E-state index is 0.343. The van der Waals surface area contributed by atoms with Gasteiger partial charge in [0.15, 0.2) is 0 Å². The summed E-state index contributed by atoms with van der Waals surface area (Å²) in [5.74, 6) is 1.83. The van der Waals surface area contributed by atoms with Gasteiger partial charge in [-0.3, -0.25) is 10.3 Å². The highest BCUT2D eigenvalue weighted by molar-refractivity contribution is 5.44. The zero-order valence-corrected chi connectivity index (χ0v) is 17.7. The monoisotopic (exact) mass is 375 g/mol. The molecule has 1 spiro atoms. The van der Waals surface area contributed by atoms with Gasteiger partial charge < -0.3 is 9.84 Å². The van der Waals surface area contributed by atoms with E-state index in [2.05, 4.69) is 12.4 Å². The topological polar surface area (TPSA) is 50.7 Å². The molecular formula is C23H37NO3. The summed E-state index contributed by atoms with van der Waals surface area (Å²) in [5.41, 5.74) is 2.76. The van der Waals surface area contributed by atoms with E-state index >= 15 is 0 Å². The lowest BCUT2D eigenvalue weighted by molar-refractivity contribution is -0.130. The summed E-state index contributed by atoms with van der Waals surface area (Å²) in [6.45, 7) is 9.61. The maximum atomic E-state index is 10.2. The van der Waals surface area contributed by atoms with Crippen LogP contribution in [-0.2, 0) is 4.84 Å². The zero-order valence-electron chi connectivity index (χ0n) is 17.7. The van der Waals surface area contributed by atoms with Crippen molar-refractivity contribution in [2.24, 2.45) is 11.3 Å². The van der Waals surface area contributed by atoms with Gasteiger partial charge in [-0.05, 0) is 102 Å². The van der Waals surface area contributed by atoms with Gasteiger partial charge in [0, 0.05) is 0 Å². The Balaban J connectivity index is 1.47. The smallest absolute Gasteiger partial charge is 0.119 e. The van der Waals surface area contributed by atoms with E-state index in [0.717, 1.165) is 17.4 Å². The normalized spacial score (nSPS) is 29.1. The van der Waals surface area contributed by atoms with Crippen LogP contribution in [0.1, 0.15) is 79.6 Å². The van der Waals surface area contributed by atoms with Crippen LogP contribution in [0.5, 0.6) is 5.75 Å². The van der Waals surface area contributed by atoms with Crippen LogP contribution in [-0.4, -0.2) is 22.4 Å². The van der Waals surface area contributed by atoms with Gasteiger partial charge in [-0.25, -0.2) is 0 Å². The highest BCUT2D eigenvalue weighted by Gasteiger charge is 2.40. The fourth-order valence-electron chi connectivity index (χ4n) is 4.38. The van der Waals surface area contributed by atoms with E-state index in [1.165, 1.54) is 44.9 Å². The van der Waals surface area contributed by atoms with Crippen molar-refractivity contribution < 1.29 is 14.7 Å². The molecule has 0 radical (unpaired) electrons. The highest BCUT2D eigenvalue weighted by Crippen LogP contribution is 2.51. The van der Waals surface area contributed by atoms with Gasteiger partial charge in [0.05, 0.1) is 17.4 Å². The second kappa shape index (κ2) is 7.63. The Morgan fingerprint density at radius 2 is 1.59 bits per heavy atom. The van der Waals surface area contributed by atoms with Crippen molar-refractivity contribution in [3.8, 4) is 5.75 Å². The first-order valence-corrected chi connectivity index (χ1v) is 10.5. The van der Waals surface area contributed by atoms with E-state index in [9.17, 15) is 5.11 Å². The van der Waals surface area contributed by atoms with Crippen LogP contribution >= 0.6 is 0 Å². The van der Waals surface area contributed by atoms with Gasteiger partial charge in [0.2, 0.25) is 0 Å². The molecule has 27 heavy (non-hydrogen) atoms. The minimum atomic E-state index is -0.946. The molecule has 1 aromatic rings. The second-order valence-corrected chi connectivity index (χ2v) is 9.96. The first-order chi connectivity index (χ1) is 12.6. The van der Waals surface area contributed by atoms with E-state index in [1.807, 2.05) is 38.1 Å². The minimum Gasteiger partial charge on any atom is -0.490 e. The number of rotatable bonds is 6. The Morgan fingerprint density at radius 1 is 1.00 bits per heavy atom. The third-order valence-electron chi connectivity index (χ3n) is 7.00. The molecule has 2 aliphatic carbocycles. The second-order valence-electron chi connectivity index (χ2n) is 9.96. The SMILES string of the molecule is CC1CCC2(CCC(Oc3ccc(NOC(C)(C)C(C)(C)O)cc3)CC2)C1. The van der Waals surface area contributed by atoms with Crippen molar-refractivity contribution in [1.82, 2.24) is 0 Å². The average molecular weight is 376 g/mol. The fourth-order valence-corrected chi connectivity index (χ4v) is 4.38. The molecule has 4 nitrogen and oxygen atoms in total. The number of ether oxygens (including phenoxy) is 1. The van der Waals surface area contributed by atoms with Gasteiger partial charge in [-0.15, -0.1) is 0 Å². The van der Waals surface area contributed by atoms with Crippen LogP contribution in [0.2, 0.25) is 0 Å². The Kier molecular flexibility index (Phi) is 5.79. The zero-order chi connectivity index (χ0) is 19.7. The van der Waals surface area contributed by atoms with Crippen LogP contribution in [0.15, 0.2) is 24.3 Å². The van der Waals surface area contributed by atoms with E-state index in [4.69, 9.17) is 9.57 Å². The van der Waals surface area contributed by atoms with Gasteiger partial charge in [0.1, 0.15) is 11.4 Å². The summed E-state index contributed by atoms with van der Waals surface area (Å²) in [6, 6.07) is 7.90.